The molecule has 5 heteroatoms. The Balaban J connectivity index is 1.97. The SMILES string of the molecule is Cc1ccc(N)c(N2CCN(C(=O)OC(C)(C)C)CC2)c1. The van der Waals surface area contributed by atoms with E-state index in [1.165, 1.54) is 5.56 Å². The van der Waals surface area contributed by atoms with Gasteiger partial charge in [-0.3, -0.25) is 0 Å². The van der Waals surface area contributed by atoms with Crippen molar-refractivity contribution >= 4 is 17.5 Å². The van der Waals surface area contributed by atoms with E-state index in [0.717, 1.165) is 24.5 Å². The van der Waals surface area contributed by atoms with Crippen LogP contribution in [-0.4, -0.2) is 42.8 Å². The third-order valence-corrected chi connectivity index (χ3v) is 3.46. The maximum atomic E-state index is 12.0. The lowest BCUT2D eigenvalue weighted by atomic mass is 10.1. The Kier molecular flexibility index (Phi) is 4.30. The summed E-state index contributed by atoms with van der Waals surface area (Å²) in [5.74, 6) is 0. The van der Waals surface area contributed by atoms with Gasteiger partial charge in [-0.2, -0.15) is 0 Å². The first-order chi connectivity index (χ1) is 9.76. The predicted octanol–water partition coefficient (Wildman–Crippen LogP) is 2.63. The fraction of sp³-hybridized carbons (Fsp3) is 0.562. The van der Waals surface area contributed by atoms with E-state index in [0.29, 0.717) is 13.1 Å². The van der Waals surface area contributed by atoms with E-state index >= 15 is 0 Å². The average molecular weight is 291 g/mol. The van der Waals surface area contributed by atoms with E-state index in [9.17, 15) is 4.79 Å². The minimum atomic E-state index is -0.449. The number of benzene rings is 1. The van der Waals surface area contributed by atoms with Crippen molar-refractivity contribution in [3.8, 4) is 0 Å². The Morgan fingerprint density at radius 2 is 1.81 bits per heavy atom. The second-order valence-corrected chi connectivity index (χ2v) is 6.52. The number of rotatable bonds is 1. The number of amides is 1. The quantitative estimate of drug-likeness (QED) is 0.808. The van der Waals surface area contributed by atoms with Gasteiger partial charge in [0, 0.05) is 26.2 Å². The molecule has 1 aliphatic rings. The summed E-state index contributed by atoms with van der Waals surface area (Å²) >= 11 is 0. The van der Waals surface area contributed by atoms with E-state index in [1.807, 2.05) is 32.9 Å². The maximum absolute atomic E-state index is 12.0. The Morgan fingerprint density at radius 1 is 1.19 bits per heavy atom. The van der Waals surface area contributed by atoms with Crippen molar-refractivity contribution < 1.29 is 9.53 Å². The summed E-state index contributed by atoms with van der Waals surface area (Å²) in [5.41, 5.74) is 8.63. The number of nitrogens with zero attached hydrogens (tertiary/aromatic N) is 2. The summed E-state index contributed by atoms with van der Waals surface area (Å²) in [4.78, 5) is 16.0. The molecule has 0 bridgehead atoms. The molecule has 1 aromatic carbocycles. The zero-order chi connectivity index (χ0) is 15.6. The maximum Gasteiger partial charge on any atom is 0.410 e. The molecule has 0 unspecified atom stereocenters. The van der Waals surface area contributed by atoms with Gasteiger partial charge in [0.2, 0.25) is 0 Å². The fourth-order valence-corrected chi connectivity index (χ4v) is 2.38. The number of aryl methyl sites for hydroxylation is 1. The minimum Gasteiger partial charge on any atom is -0.444 e. The van der Waals surface area contributed by atoms with Gasteiger partial charge >= 0.3 is 6.09 Å². The Morgan fingerprint density at radius 3 is 2.38 bits per heavy atom. The van der Waals surface area contributed by atoms with Crippen LogP contribution in [-0.2, 0) is 4.74 Å². The molecule has 0 atom stereocenters. The van der Waals surface area contributed by atoms with Gasteiger partial charge in [-0.15, -0.1) is 0 Å². The molecule has 1 aromatic rings. The Bertz CT molecular complexity index is 515. The first-order valence-electron chi connectivity index (χ1n) is 7.35. The molecule has 1 heterocycles. The van der Waals surface area contributed by atoms with Crippen LogP contribution in [0.25, 0.3) is 0 Å². The van der Waals surface area contributed by atoms with Crippen LogP contribution >= 0.6 is 0 Å². The van der Waals surface area contributed by atoms with Crippen molar-refractivity contribution in [2.75, 3.05) is 36.8 Å². The van der Waals surface area contributed by atoms with Crippen molar-refractivity contribution in [2.45, 2.75) is 33.3 Å². The molecule has 1 aliphatic heterocycles. The number of nitrogen functional groups attached to an aromatic ring is 1. The molecule has 1 amide bonds. The van der Waals surface area contributed by atoms with E-state index in [-0.39, 0.29) is 6.09 Å². The van der Waals surface area contributed by atoms with E-state index < -0.39 is 5.60 Å². The number of hydrogen-bond acceptors (Lipinski definition) is 4. The number of anilines is 2. The Labute approximate surface area is 126 Å². The van der Waals surface area contributed by atoms with Crippen LogP contribution in [0.1, 0.15) is 26.3 Å². The van der Waals surface area contributed by atoms with Crippen LogP contribution in [0, 0.1) is 6.92 Å². The molecule has 116 valence electrons. The highest BCUT2D eigenvalue weighted by atomic mass is 16.6. The van der Waals surface area contributed by atoms with Gasteiger partial charge < -0.3 is 20.3 Å². The monoisotopic (exact) mass is 291 g/mol. The first-order valence-corrected chi connectivity index (χ1v) is 7.35. The topological polar surface area (TPSA) is 58.8 Å². The normalized spacial score (nSPS) is 16.0. The lowest BCUT2D eigenvalue weighted by molar-refractivity contribution is 0.0240. The summed E-state index contributed by atoms with van der Waals surface area (Å²) in [5, 5.41) is 0. The highest BCUT2D eigenvalue weighted by molar-refractivity contribution is 5.71. The van der Waals surface area contributed by atoms with Crippen LogP contribution in [0.5, 0.6) is 0 Å². The van der Waals surface area contributed by atoms with Gasteiger partial charge in [0.1, 0.15) is 5.60 Å². The van der Waals surface area contributed by atoms with Gasteiger partial charge in [0.25, 0.3) is 0 Å². The zero-order valence-corrected chi connectivity index (χ0v) is 13.3. The summed E-state index contributed by atoms with van der Waals surface area (Å²) in [6.45, 7) is 10.6. The summed E-state index contributed by atoms with van der Waals surface area (Å²) in [7, 11) is 0. The third-order valence-electron chi connectivity index (χ3n) is 3.46. The van der Waals surface area contributed by atoms with Crippen molar-refractivity contribution in [3.05, 3.63) is 23.8 Å². The number of carbonyl (C=O) groups is 1. The molecule has 21 heavy (non-hydrogen) atoms. The number of nitrogens with two attached hydrogens (primary N) is 1. The second-order valence-electron chi connectivity index (χ2n) is 6.52. The largest absolute Gasteiger partial charge is 0.444 e. The zero-order valence-electron chi connectivity index (χ0n) is 13.3. The molecule has 0 aromatic heterocycles. The number of hydrogen-bond donors (Lipinski definition) is 1. The van der Waals surface area contributed by atoms with Crippen molar-refractivity contribution in [1.29, 1.82) is 0 Å². The van der Waals surface area contributed by atoms with Gasteiger partial charge in [0.05, 0.1) is 11.4 Å². The van der Waals surface area contributed by atoms with Crippen LogP contribution in [0.15, 0.2) is 18.2 Å². The van der Waals surface area contributed by atoms with Gasteiger partial charge in [-0.1, -0.05) is 6.07 Å². The predicted molar refractivity (Wildman–Crippen MR) is 85.6 cm³/mol. The highest BCUT2D eigenvalue weighted by Gasteiger charge is 2.26. The molecular formula is C16H25N3O2. The second kappa shape index (κ2) is 5.84. The van der Waals surface area contributed by atoms with E-state index in [1.54, 1.807) is 4.90 Å². The van der Waals surface area contributed by atoms with Gasteiger partial charge in [-0.05, 0) is 45.4 Å². The van der Waals surface area contributed by atoms with Crippen molar-refractivity contribution in [1.82, 2.24) is 4.90 Å². The summed E-state index contributed by atoms with van der Waals surface area (Å²) in [6.07, 6.45) is -0.237. The molecule has 5 nitrogen and oxygen atoms in total. The fourth-order valence-electron chi connectivity index (χ4n) is 2.38. The molecule has 1 fully saturated rings. The molecule has 2 rings (SSSR count). The van der Waals surface area contributed by atoms with Crippen molar-refractivity contribution in [3.63, 3.8) is 0 Å². The molecule has 0 aliphatic carbocycles. The van der Waals surface area contributed by atoms with Gasteiger partial charge in [-0.25, -0.2) is 4.79 Å². The Hall–Kier alpha value is -1.91. The minimum absolute atomic E-state index is 0.237. The van der Waals surface area contributed by atoms with Crippen LogP contribution in [0.4, 0.5) is 16.2 Å². The highest BCUT2D eigenvalue weighted by Crippen LogP contribution is 2.25. The number of ether oxygens (including phenoxy) is 1. The average Bonchev–Trinajstić information content (AvgIpc) is 2.40. The van der Waals surface area contributed by atoms with Crippen LogP contribution in [0.3, 0.4) is 0 Å². The molecule has 0 spiro atoms. The lowest BCUT2D eigenvalue weighted by Gasteiger charge is -2.37. The molecule has 0 saturated carbocycles. The first kappa shape index (κ1) is 15.5. The van der Waals surface area contributed by atoms with Crippen LogP contribution < -0.4 is 10.6 Å². The van der Waals surface area contributed by atoms with E-state index in [2.05, 4.69) is 17.9 Å². The van der Waals surface area contributed by atoms with Crippen LogP contribution in [0.2, 0.25) is 0 Å². The molecule has 2 N–H and O–H groups in total. The van der Waals surface area contributed by atoms with E-state index in [4.69, 9.17) is 10.5 Å². The summed E-state index contributed by atoms with van der Waals surface area (Å²) < 4.78 is 5.40. The van der Waals surface area contributed by atoms with Crippen molar-refractivity contribution in [2.24, 2.45) is 0 Å². The summed E-state index contributed by atoms with van der Waals surface area (Å²) in [6, 6.07) is 6.04. The smallest absolute Gasteiger partial charge is 0.410 e. The number of carbonyl (C=O) groups excluding carboxylic acids is 1. The standard InChI is InChI=1S/C16H25N3O2/c1-12-5-6-13(17)14(11-12)18-7-9-19(10-8-18)15(20)21-16(2,3)4/h5-6,11H,7-10,17H2,1-4H3. The lowest BCUT2D eigenvalue weighted by Crippen LogP contribution is -2.50. The van der Waals surface area contributed by atoms with Gasteiger partial charge in [0.15, 0.2) is 0 Å². The molecule has 0 radical (unpaired) electrons. The molecule has 1 saturated heterocycles. The third kappa shape index (κ3) is 4.03. The molecular weight excluding hydrogens is 266 g/mol. The number of piperazine rings is 1.